The maximum Gasteiger partial charge on any atom is 0.0480 e. The lowest BCUT2D eigenvalue weighted by Crippen LogP contribution is -2.40. The number of likely N-dealkylation sites (N-methyl/N-ethyl adjacent to an activating group) is 1. The van der Waals surface area contributed by atoms with Crippen molar-refractivity contribution >= 4 is 0 Å². The van der Waals surface area contributed by atoms with Crippen LogP contribution in [0.4, 0.5) is 0 Å². The van der Waals surface area contributed by atoms with Crippen molar-refractivity contribution < 1.29 is 4.74 Å². The summed E-state index contributed by atoms with van der Waals surface area (Å²) in [5, 5.41) is 3.59. The highest BCUT2D eigenvalue weighted by Gasteiger charge is 2.12. The average Bonchev–Trinajstić information content (AvgIpc) is 2.19. The predicted octanol–water partition coefficient (Wildman–Crippen LogP) is 1.10. The van der Waals surface area contributed by atoms with E-state index in [9.17, 15) is 0 Å². The summed E-state index contributed by atoms with van der Waals surface area (Å²) in [5.74, 6) is 0. The fourth-order valence-electron chi connectivity index (χ4n) is 1.60. The van der Waals surface area contributed by atoms with E-state index in [4.69, 9.17) is 4.74 Å². The molecule has 1 saturated heterocycles. The quantitative estimate of drug-likeness (QED) is 0.719. The zero-order valence-electron chi connectivity index (χ0n) is 9.75. The van der Waals surface area contributed by atoms with Gasteiger partial charge in [-0.15, -0.1) is 0 Å². The molecule has 0 radical (unpaired) electrons. The molecule has 1 fully saturated rings. The van der Waals surface area contributed by atoms with Gasteiger partial charge in [0.2, 0.25) is 0 Å². The molecule has 1 heterocycles. The van der Waals surface area contributed by atoms with E-state index in [0.29, 0.717) is 12.1 Å². The summed E-state index contributed by atoms with van der Waals surface area (Å²) in [6, 6.07) is 1.33. The summed E-state index contributed by atoms with van der Waals surface area (Å²) < 4.78 is 5.31. The Bertz CT molecular complexity index is 144. The van der Waals surface area contributed by atoms with E-state index in [-0.39, 0.29) is 0 Å². The van der Waals surface area contributed by atoms with Gasteiger partial charge in [0.25, 0.3) is 0 Å². The Hall–Kier alpha value is -0.120. The first-order valence-corrected chi connectivity index (χ1v) is 5.71. The van der Waals surface area contributed by atoms with Crippen LogP contribution in [0.25, 0.3) is 0 Å². The Morgan fingerprint density at radius 3 is 2.57 bits per heavy atom. The molecule has 1 aliphatic heterocycles. The highest BCUT2D eigenvalue weighted by atomic mass is 16.5. The minimum atomic E-state index is 0.645. The first-order chi connectivity index (χ1) is 6.70. The molecule has 84 valence electrons. The molecule has 1 rings (SSSR count). The fourth-order valence-corrected chi connectivity index (χ4v) is 1.60. The van der Waals surface area contributed by atoms with Crippen LogP contribution in [0.3, 0.4) is 0 Å². The Balaban J connectivity index is 2.02. The van der Waals surface area contributed by atoms with Crippen LogP contribution in [0.15, 0.2) is 0 Å². The number of nitrogens with one attached hydrogen (secondary N) is 1. The Morgan fingerprint density at radius 1 is 1.36 bits per heavy atom. The molecular weight excluding hydrogens is 176 g/mol. The van der Waals surface area contributed by atoms with E-state index in [2.05, 4.69) is 31.1 Å². The van der Waals surface area contributed by atoms with Crippen LogP contribution in [0.1, 0.15) is 26.7 Å². The standard InChI is InChI=1S/C11H24N2O/c1-10(2)13(3)7-6-12-11-4-8-14-9-5-11/h10-12H,4-9H2,1-3H3. The smallest absolute Gasteiger partial charge is 0.0480 e. The van der Waals surface area contributed by atoms with Crippen molar-refractivity contribution in [2.45, 2.75) is 38.8 Å². The molecule has 0 atom stereocenters. The van der Waals surface area contributed by atoms with Crippen LogP contribution >= 0.6 is 0 Å². The maximum absolute atomic E-state index is 5.31. The van der Waals surface area contributed by atoms with Crippen molar-refractivity contribution in [3.05, 3.63) is 0 Å². The maximum atomic E-state index is 5.31. The van der Waals surface area contributed by atoms with Crippen molar-refractivity contribution in [1.82, 2.24) is 10.2 Å². The van der Waals surface area contributed by atoms with Crippen molar-refractivity contribution in [3.63, 3.8) is 0 Å². The summed E-state index contributed by atoms with van der Waals surface area (Å²) >= 11 is 0. The van der Waals surface area contributed by atoms with E-state index in [1.807, 2.05) is 0 Å². The second-order valence-electron chi connectivity index (χ2n) is 4.42. The Morgan fingerprint density at radius 2 is 2.00 bits per heavy atom. The van der Waals surface area contributed by atoms with Gasteiger partial charge in [0.05, 0.1) is 0 Å². The third-order valence-electron chi connectivity index (χ3n) is 3.00. The summed E-state index contributed by atoms with van der Waals surface area (Å²) in [7, 11) is 2.18. The second kappa shape index (κ2) is 6.38. The molecule has 0 spiro atoms. The lowest BCUT2D eigenvalue weighted by Gasteiger charge is -2.26. The van der Waals surface area contributed by atoms with Gasteiger partial charge in [0.1, 0.15) is 0 Å². The van der Waals surface area contributed by atoms with Crippen molar-refractivity contribution in [2.24, 2.45) is 0 Å². The molecule has 0 unspecified atom stereocenters. The van der Waals surface area contributed by atoms with Gasteiger partial charge in [0, 0.05) is 38.4 Å². The van der Waals surface area contributed by atoms with E-state index < -0.39 is 0 Å². The minimum Gasteiger partial charge on any atom is -0.381 e. The minimum absolute atomic E-state index is 0.645. The highest BCUT2D eigenvalue weighted by molar-refractivity contribution is 4.70. The molecule has 0 aromatic heterocycles. The molecule has 0 amide bonds. The van der Waals surface area contributed by atoms with Crippen LogP contribution in [0.5, 0.6) is 0 Å². The topological polar surface area (TPSA) is 24.5 Å². The zero-order valence-corrected chi connectivity index (χ0v) is 9.75. The monoisotopic (exact) mass is 200 g/mol. The number of hydrogen-bond donors (Lipinski definition) is 1. The van der Waals surface area contributed by atoms with Crippen LogP contribution in [-0.2, 0) is 4.74 Å². The molecule has 3 heteroatoms. The van der Waals surface area contributed by atoms with Gasteiger partial charge in [0.15, 0.2) is 0 Å². The van der Waals surface area contributed by atoms with E-state index in [1.165, 1.54) is 12.8 Å². The second-order valence-corrected chi connectivity index (χ2v) is 4.42. The molecule has 1 aliphatic rings. The number of rotatable bonds is 5. The fraction of sp³-hybridized carbons (Fsp3) is 1.00. The zero-order chi connectivity index (χ0) is 10.4. The lowest BCUT2D eigenvalue weighted by atomic mass is 10.1. The first-order valence-electron chi connectivity index (χ1n) is 5.71. The molecule has 0 saturated carbocycles. The van der Waals surface area contributed by atoms with Crippen molar-refractivity contribution in [3.8, 4) is 0 Å². The first kappa shape index (κ1) is 12.0. The molecule has 0 aromatic carbocycles. The van der Waals surface area contributed by atoms with Crippen LogP contribution in [0, 0.1) is 0 Å². The van der Waals surface area contributed by atoms with Crippen molar-refractivity contribution in [1.29, 1.82) is 0 Å². The van der Waals surface area contributed by atoms with Crippen LogP contribution < -0.4 is 5.32 Å². The number of nitrogens with zero attached hydrogens (tertiary/aromatic N) is 1. The molecule has 3 nitrogen and oxygen atoms in total. The van der Waals surface area contributed by atoms with Gasteiger partial charge in [-0.25, -0.2) is 0 Å². The number of ether oxygens (including phenoxy) is 1. The summed E-state index contributed by atoms with van der Waals surface area (Å²) in [5.41, 5.74) is 0. The highest BCUT2D eigenvalue weighted by Crippen LogP contribution is 2.05. The van der Waals surface area contributed by atoms with Crippen LogP contribution in [0.2, 0.25) is 0 Å². The van der Waals surface area contributed by atoms with E-state index >= 15 is 0 Å². The van der Waals surface area contributed by atoms with Gasteiger partial charge in [-0.1, -0.05) is 0 Å². The van der Waals surface area contributed by atoms with Gasteiger partial charge in [-0.3, -0.25) is 0 Å². The lowest BCUT2D eigenvalue weighted by molar-refractivity contribution is 0.0772. The largest absolute Gasteiger partial charge is 0.381 e. The Kier molecular flexibility index (Phi) is 5.45. The summed E-state index contributed by atoms with van der Waals surface area (Å²) in [6.07, 6.45) is 2.34. The Labute approximate surface area is 87.8 Å². The summed E-state index contributed by atoms with van der Waals surface area (Å²) in [4.78, 5) is 2.37. The van der Waals surface area contributed by atoms with E-state index in [0.717, 1.165) is 26.3 Å². The molecule has 0 aliphatic carbocycles. The normalized spacial score (nSPS) is 19.5. The number of hydrogen-bond acceptors (Lipinski definition) is 3. The third kappa shape index (κ3) is 4.40. The summed E-state index contributed by atoms with van der Waals surface area (Å²) in [6.45, 7) is 8.55. The van der Waals surface area contributed by atoms with Crippen molar-refractivity contribution in [2.75, 3.05) is 33.4 Å². The van der Waals surface area contributed by atoms with Gasteiger partial charge in [-0.2, -0.15) is 0 Å². The van der Waals surface area contributed by atoms with Gasteiger partial charge >= 0.3 is 0 Å². The molecule has 0 aromatic rings. The molecule has 14 heavy (non-hydrogen) atoms. The third-order valence-corrected chi connectivity index (χ3v) is 3.00. The average molecular weight is 200 g/mol. The predicted molar refractivity (Wildman–Crippen MR) is 59.6 cm³/mol. The molecule has 0 bridgehead atoms. The SMILES string of the molecule is CC(C)N(C)CCNC1CCOCC1. The van der Waals surface area contributed by atoms with Gasteiger partial charge in [-0.05, 0) is 33.7 Å². The van der Waals surface area contributed by atoms with Crippen LogP contribution in [-0.4, -0.2) is 50.3 Å². The molecular formula is C11H24N2O. The molecule has 1 N–H and O–H groups in total. The van der Waals surface area contributed by atoms with E-state index in [1.54, 1.807) is 0 Å². The van der Waals surface area contributed by atoms with Gasteiger partial charge < -0.3 is 15.0 Å².